The van der Waals surface area contributed by atoms with E-state index in [1.807, 2.05) is 6.92 Å². The van der Waals surface area contributed by atoms with Crippen molar-refractivity contribution in [3.05, 3.63) is 53.6 Å². The van der Waals surface area contributed by atoms with E-state index >= 15 is 8.78 Å². The number of aromatic amines is 1. The van der Waals surface area contributed by atoms with Gasteiger partial charge in [0.2, 0.25) is 23.6 Å². The molecule has 17 heteroatoms. The lowest BCUT2D eigenvalue weighted by Crippen LogP contribution is -2.56. The molecule has 4 heterocycles. The number of halogens is 4. The molecule has 3 aliphatic rings. The van der Waals surface area contributed by atoms with Crippen LogP contribution < -0.4 is 21.3 Å². The fraction of sp³-hybridized carbons (Fsp3) is 0.587. The number of likely N-dealkylation sites (tertiary alicyclic amines) is 2. The number of benzene rings is 2. The van der Waals surface area contributed by atoms with Gasteiger partial charge in [-0.1, -0.05) is 32.6 Å². The summed E-state index contributed by atoms with van der Waals surface area (Å²) in [4.78, 5) is 66.3. The van der Waals surface area contributed by atoms with Gasteiger partial charge in [0.1, 0.15) is 36.1 Å². The zero-order chi connectivity index (χ0) is 45.1. The van der Waals surface area contributed by atoms with Crippen molar-refractivity contribution < 1.29 is 36.7 Å². The molecule has 63 heavy (non-hydrogen) atoms. The number of alkyl halides is 2. The highest BCUT2D eigenvalue weighted by Crippen LogP contribution is 2.38. The maximum atomic E-state index is 15.7. The maximum absolute atomic E-state index is 15.7. The van der Waals surface area contributed by atoms with E-state index in [1.54, 1.807) is 49.5 Å². The summed E-state index contributed by atoms with van der Waals surface area (Å²) < 4.78 is 62.8. The molecule has 3 fully saturated rings. The molecule has 1 unspecified atom stereocenters. The number of carbonyl (C=O) groups excluding carboxylic acids is 4. The highest BCUT2D eigenvalue weighted by atomic mass is 19.1. The number of hydrogen-bond donors (Lipinski definition) is 5. The summed E-state index contributed by atoms with van der Waals surface area (Å²) in [5.74, 6) is -2.28. The van der Waals surface area contributed by atoms with E-state index in [2.05, 4.69) is 26.3 Å². The molecular formula is C46H61F4N9O4. The van der Waals surface area contributed by atoms with E-state index in [9.17, 15) is 28.0 Å². The molecule has 7 rings (SSSR count). The Hall–Kier alpha value is -5.03. The van der Waals surface area contributed by atoms with E-state index in [4.69, 9.17) is 4.98 Å². The first-order valence-corrected chi connectivity index (χ1v) is 22.5. The molecule has 0 radical (unpaired) electrons. The predicted octanol–water partition coefficient (Wildman–Crippen LogP) is 5.45. The Bertz CT molecular complexity index is 2300. The number of likely N-dealkylation sites (N-methyl/N-ethyl adjacent to an activating group) is 2. The van der Waals surface area contributed by atoms with Gasteiger partial charge in [0, 0.05) is 42.4 Å². The molecular weight excluding hydrogens is 819 g/mol. The monoisotopic (exact) mass is 879 g/mol. The molecule has 1 saturated carbocycles. The van der Waals surface area contributed by atoms with Crippen molar-refractivity contribution in [3.8, 4) is 11.5 Å². The van der Waals surface area contributed by atoms with E-state index in [1.165, 1.54) is 29.2 Å². The van der Waals surface area contributed by atoms with Crippen molar-refractivity contribution in [2.45, 2.75) is 140 Å². The zero-order valence-corrected chi connectivity index (χ0v) is 36.8. The molecule has 13 nitrogen and oxygen atoms in total. The van der Waals surface area contributed by atoms with Crippen molar-refractivity contribution in [2.75, 3.05) is 27.2 Å². The SMILES string of the molecule is CCC[C@H](NC(=O)[C@H](C)NC)C(=O)N1C[C@@H](F)C[C@H]1Cn1c(-c2[nH]c3cc(F)ccc3c2C[C@@H]2C[C@H](F)CN2C(=O)C(NC(=O)[C@H](C)NC)C2CCCCC2)nc2cc(F)ccc21. The van der Waals surface area contributed by atoms with E-state index in [-0.39, 0.29) is 68.1 Å². The van der Waals surface area contributed by atoms with Gasteiger partial charge in [-0.05, 0) is 95.4 Å². The van der Waals surface area contributed by atoms with Crippen LogP contribution in [0.5, 0.6) is 0 Å². The Morgan fingerprint density at radius 3 is 2.11 bits per heavy atom. The normalized spacial score (nSPS) is 22.7. The molecule has 2 saturated heterocycles. The van der Waals surface area contributed by atoms with Crippen LogP contribution in [0.2, 0.25) is 0 Å². The first kappa shape index (κ1) is 46.0. The molecule has 2 aromatic carbocycles. The summed E-state index contributed by atoms with van der Waals surface area (Å²) in [7, 11) is 3.31. The lowest BCUT2D eigenvalue weighted by Gasteiger charge is -2.35. The molecule has 8 atom stereocenters. The summed E-state index contributed by atoms with van der Waals surface area (Å²) in [6.45, 7) is 5.00. The molecule has 5 N–H and O–H groups in total. The molecule has 4 aromatic rings. The average molecular weight is 880 g/mol. The second kappa shape index (κ2) is 19.8. The van der Waals surface area contributed by atoms with Crippen LogP contribution in [-0.4, -0.2) is 124 Å². The minimum atomic E-state index is -1.35. The Morgan fingerprint density at radius 2 is 1.44 bits per heavy atom. The van der Waals surface area contributed by atoms with Gasteiger partial charge in [0.15, 0.2) is 5.82 Å². The van der Waals surface area contributed by atoms with Gasteiger partial charge in [0.25, 0.3) is 0 Å². The van der Waals surface area contributed by atoms with Gasteiger partial charge in [-0.3, -0.25) is 19.2 Å². The van der Waals surface area contributed by atoms with Crippen molar-refractivity contribution in [2.24, 2.45) is 5.92 Å². The number of amides is 4. The average Bonchev–Trinajstić information content (AvgIpc) is 4.03. The number of nitrogens with zero attached hydrogens (tertiary/aromatic N) is 4. The highest BCUT2D eigenvalue weighted by Gasteiger charge is 2.43. The van der Waals surface area contributed by atoms with Crippen molar-refractivity contribution >= 4 is 45.6 Å². The van der Waals surface area contributed by atoms with Crippen LogP contribution in [0, 0.1) is 17.6 Å². The standard InChI is InChI=1S/C46H61F4N9O4/c1-6-10-36(55-43(60)25(2)51-4)45(62)58-23-31(50)18-33(58)24-59-39-16-14-29(48)20-38(39)54-42(59)41-35(34-15-13-28(47)19-37(34)53-41)21-32-17-30(49)22-57(32)46(63)40(27-11-8-7-9-12-27)56-44(61)26(3)52-5/h13-16,19-20,25-27,30-33,36,40,51-53H,6-12,17-18,21-24H2,1-5H3,(H,55,60)(H,56,61)/t25-,26-,30-,31-,32-,33-,36-,40?/m0/s1. The quantitative estimate of drug-likeness (QED) is 0.0939. The smallest absolute Gasteiger partial charge is 0.245 e. The first-order chi connectivity index (χ1) is 30.2. The molecule has 342 valence electrons. The fourth-order valence-corrected chi connectivity index (χ4v) is 9.79. The third-order valence-electron chi connectivity index (χ3n) is 13.5. The van der Waals surface area contributed by atoms with Gasteiger partial charge in [-0.2, -0.15) is 0 Å². The van der Waals surface area contributed by atoms with Crippen molar-refractivity contribution in [3.63, 3.8) is 0 Å². The van der Waals surface area contributed by atoms with Gasteiger partial charge in [-0.15, -0.1) is 0 Å². The zero-order valence-electron chi connectivity index (χ0n) is 36.8. The minimum Gasteiger partial charge on any atom is -0.352 e. The van der Waals surface area contributed by atoms with Crippen LogP contribution in [0.3, 0.4) is 0 Å². The van der Waals surface area contributed by atoms with Crippen LogP contribution in [-0.2, 0) is 32.1 Å². The van der Waals surface area contributed by atoms with Crippen LogP contribution in [0.15, 0.2) is 36.4 Å². The number of fused-ring (bicyclic) bond motifs is 2. The Morgan fingerprint density at radius 1 is 0.825 bits per heavy atom. The second-order valence-electron chi connectivity index (χ2n) is 17.8. The Balaban J connectivity index is 1.27. The summed E-state index contributed by atoms with van der Waals surface area (Å²) in [5, 5.41) is 12.3. The van der Waals surface area contributed by atoms with Crippen LogP contribution in [0.25, 0.3) is 33.5 Å². The van der Waals surface area contributed by atoms with E-state index in [0.717, 1.165) is 32.1 Å². The lowest BCUT2D eigenvalue weighted by molar-refractivity contribution is -0.139. The van der Waals surface area contributed by atoms with Crippen LogP contribution >= 0.6 is 0 Å². The molecule has 1 aliphatic carbocycles. The number of rotatable bonds is 16. The molecule has 0 spiro atoms. The lowest BCUT2D eigenvalue weighted by atomic mass is 9.83. The van der Waals surface area contributed by atoms with E-state index in [0.29, 0.717) is 46.3 Å². The summed E-state index contributed by atoms with van der Waals surface area (Å²) in [5.41, 5.74) is 2.25. The molecule has 2 aliphatic heterocycles. The number of H-pyrrole nitrogens is 1. The Labute approximate surface area is 365 Å². The highest BCUT2D eigenvalue weighted by molar-refractivity contribution is 5.93. The van der Waals surface area contributed by atoms with Crippen molar-refractivity contribution in [1.29, 1.82) is 0 Å². The number of carbonyl (C=O) groups is 4. The van der Waals surface area contributed by atoms with E-state index < -0.39 is 66.1 Å². The maximum Gasteiger partial charge on any atom is 0.245 e. The topological polar surface area (TPSA) is 156 Å². The summed E-state index contributed by atoms with van der Waals surface area (Å²) >= 11 is 0. The third kappa shape index (κ3) is 9.88. The molecule has 0 bridgehead atoms. The number of nitrogens with one attached hydrogen (secondary N) is 5. The van der Waals surface area contributed by atoms with Gasteiger partial charge < -0.3 is 40.6 Å². The fourth-order valence-electron chi connectivity index (χ4n) is 9.79. The summed E-state index contributed by atoms with van der Waals surface area (Å²) in [6.07, 6.45) is 2.81. The summed E-state index contributed by atoms with van der Waals surface area (Å²) in [6, 6.07) is 4.23. The van der Waals surface area contributed by atoms with Gasteiger partial charge >= 0.3 is 0 Å². The number of imidazole rings is 1. The minimum absolute atomic E-state index is 0.000637. The first-order valence-electron chi connectivity index (χ1n) is 22.5. The Kier molecular flexibility index (Phi) is 14.4. The molecule has 2 aromatic heterocycles. The predicted molar refractivity (Wildman–Crippen MR) is 233 cm³/mol. The van der Waals surface area contributed by atoms with Crippen molar-refractivity contribution in [1.82, 2.24) is 45.6 Å². The van der Waals surface area contributed by atoms with Gasteiger partial charge in [-0.25, -0.2) is 22.5 Å². The molecule has 4 amide bonds. The van der Waals surface area contributed by atoms with Crippen LogP contribution in [0.1, 0.15) is 84.1 Å². The van der Waals surface area contributed by atoms with Gasteiger partial charge in [0.05, 0.1) is 47.9 Å². The third-order valence-corrected chi connectivity index (χ3v) is 13.5. The second-order valence-corrected chi connectivity index (χ2v) is 17.8. The van der Waals surface area contributed by atoms with Crippen LogP contribution in [0.4, 0.5) is 17.6 Å². The number of hydrogen-bond acceptors (Lipinski definition) is 7. The number of aromatic nitrogens is 3. The largest absolute Gasteiger partial charge is 0.352 e.